The molecule has 0 radical (unpaired) electrons. The minimum absolute atomic E-state index is 0.0329. The van der Waals surface area contributed by atoms with Gasteiger partial charge in [0.1, 0.15) is 17.6 Å². The van der Waals surface area contributed by atoms with Crippen LogP contribution in [0.5, 0.6) is 17.2 Å². The number of rotatable bonds is 7. The van der Waals surface area contributed by atoms with Crippen LogP contribution in [0, 0.1) is 5.41 Å². The number of carbonyl (C=O) groups is 2. The molecule has 3 rings (SSSR count). The van der Waals surface area contributed by atoms with Gasteiger partial charge in [-0.3, -0.25) is 10.2 Å². The van der Waals surface area contributed by atoms with Crippen molar-refractivity contribution in [1.29, 1.82) is 5.41 Å². The molecule has 2 aromatic rings. The van der Waals surface area contributed by atoms with Gasteiger partial charge in [-0.1, -0.05) is 12.1 Å². The van der Waals surface area contributed by atoms with E-state index in [1.54, 1.807) is 41.3 Å². The molecule has 1 aliphatic rings. The normalized spacial score (nSPS) is 15.4. The van der Waals surface area contributed by atoms with Crippen molar-refractivity contribution in [3.63, 3.8) is 0 Å². The first-order chi connectivity index (χ1) is 15.3. The fourth-order valence-corrected chi connectivity index (χ4v) is 3.42. The maximum atomic E-state index is 13.2. The van der Waals surface area contributed by atoms with E-state index in [2.05, 4.69) is 5.32 Å². The molecule has 0 spiro atoms. The number of nitrogen functional groups attached to an aromatic ring is 1. The van der Waals surface area contributed by atoms with Crippen LogP contribution in [0.4, 0.5) is 5.69 Å². The van der Waals surface area contributed by atoms with E-state index >= 15 is 0 Å². The number of nitrogens with zero attached hydrogens (tertiary/aromatic N) is 1. The van der Waals surface area contributed by atoms with E-state index in [1.165, 1.54) is 34.6 Å². The Balaban J connectivity index is 2.22. The number of ether oxygens (including phenoxy) is 4. The van der Waals surface area contributed by atoms with Gasteiger partial charge in [0.15, 0.2) is 11.5 Å². The molecule has 0 saturated heterocycles. The summed E-state index contributed by atoms with van der Waals surface area (Å²) in [4.78, 5) is 26.9. The number of amides is 1. The second kappa shape index (κ2) is 9.29. The quantitative estimate of drug-likeness (QED) is 0.336. The van der Waals surface area contributed by atoms with Crippen molar-refractivity contribution in [2.45, 2.75) is 6.04 Å². The lowest BCUT2D eigenvalue weighted by Crippen LogP contribution is -2.45. The van der Waals surface area contributed by atoms with Gasteiger partial charge in [-0.05, 0) is 29.8 Å². The highest BCUT2D eigenvalue weighted by atomic mass is 16.5. The van der Waals surface area contributed by atoms with Crippen LogP contribution in [0.1, 0.15) is 17.2 Å². The SMILES string of the molecule is COC(=O)C1=CN(c2cccc(C(=N)N)c2)C(c2cc(OC)c(OC)c(OC)c2)C(=O)N1. The highest BCUT2D eigenvalue weighted by Gasteiger charge is 2.35. The number of nitrogens with one attached hydrogen (secondary N) is 2. The van der Waals surface area contributed by atoms with Crippen LogP contribution in [0.25, 0.3) is 0 Å². The summed E-state index contributed by atoms with van der Waals surface area (Å²) in [6.07, 6.45) is 1.47. The van der Waals surface area contributed by atoms with E-state index in [1.807, 2.05) is 0 Å². The summed E-state index contributed by atoms with van der Waals surface area (Å²) in [6, 6.07) is 9.18. The Morgan fingerprint density at radius 1 is 1.06 bits per heavy atom. The van der Waals surface area contributed by atoms with E-state index in [0.29, 0.717) is 34.1 Å². The molecule has 1 amide bonds. The number of amidine groups is 1. The van der Waals surface area contributed by atoms with Crippen LogP contribution < -0.4 is 30.2 Å². The fourth-order valence-electron chi connectivity index (χ4n) is 3.42. The molecule has 0 saturated carbocycles. The van der Waals surface area contributed by atoms with E-state index in [0.717, 1.165) is 0 Å². The number of hydrogen-bond donors (Lipinski definition) is 3. The molecule has 0 aromatic heterocycles. The molecular weight excluding hydrogens is 416 g/mol. The van der Waals surface area contributed by atoms with Gasteiger partial charge < -0.3 is 34.9 Å². The minimum Gasteiger partial charge on any atom is -0.493 e. The Hall–Kier alpha value is -4.21. The highest BCUT2D eigenvalue weighted by molar-refractivity contribution is 6.00. The van der Waals surface area contributed by atoms with E-state index < -0.39 is 17.9 Å². The average Bonchev–Trinajstić information content (AvgIpc) is 2.81. The zero-order valence-electron chi connectivity index (χ0n) is 18.1. The topological polar surface area (TPSA) is 136 Å². The lowest BCUT2D eigenvalue weighted by Gasteiger charge is -2.35. The zero-order chi connectivity index (χ0) is 23.4. The summed E-state index contributed by atoms with van der Waals surface area (Å²) in [6.45, 7) is 0. The monoisotopic (exact) mass is 440 g/mol. The number of carbonyl (C=O) groups excluding carboxylic acids is 2. The first kappa shape index (κ1) is 22.5. The Labute approximate surface area is 185 Å². The molecule has 10 heteroatoms. The molecule has 32 heavy (non-hydrogen) atoms. The Morgan fingerprint density at radius 2 is 1.72 bits per heavy atom. The van der Waals surface area contributed by atoms with Gasteiger partial charge >= 0.3 is 5.97 Å². The van der Waals surface area contributed by atoms with Crippen LogP contribution in [-0.4, -0.2) is 46.2 Å². The first-order valence-electron chi connectivity index (χ1n) is 9.48. The van der Waals surface area contributed by atoms with Crippen LogP contribution >= 0.6 is 0 Å². The number of nitrogens with two attached hydrogens (primary N) is 1. The molecule has 1 heterocycles. The lowest BCUT2D eigenvalue weighted by atomic mass is 10.00. The van der Waals surface area contributed by atoms with Crippen molar-refractivity contribution in [2.75, 3.05) is 33.3 Å². The average molecular weight is 440 g/mol. The van der Waals surface area contributed by atoms with E-state index in [-0.39, 0.29) is 11.5 Å². The predicted octanol–water partition coefficient (Wildman–Crippen LogP) is 1.69. The Bertz CT molecular complexity index is 1070. The molecule has 1 aliphatic heterocycles. The van der Waals surface area contributed by atoms with Gasteiger partial charge in [0.2, 0.25) is 5.75 Å². The standard InChI is InChI=1S/C22H24N4O6/c1-29-16-9-13(10-17(30-2)19(16)31-3)18-21(27)25-15(22(28)32-4)11-26(18)14-7-5-6-12(8-14)20(23)24/h5-11,18H,1-4H3,(H3,23,24)(H,25,27). The van der Waals surface area contributed by atoms with Gasteiger partial charge in [0, 0.05) is 17.5 Å². The largest absolute Gasteiger partial charge is 0.493 e. The van der Waals surface area contributed by atoms with Gasteiger partial charge in [-0.2, -0.15) is 0 Å². The molecule has 0 bridgehead atoms. The number of esters is 1. The van der Waals surface area contributed by atoms with Gasteiger partial charge in [0.25, 0.3) is 5.91 Å². The smallest absolute Gasteiger partial charge is 0.356 e. The van der Waals surface area contributed by atoms with Crippen molar-refractivity contribution < 1.29 is 28.5 Å². The van der Waals surface area contributed by atoms with Crippen LogP contribution in [0.2, 0.25) is 0 Å². The maximum Gasteiger partial charge on any atom is 0.356 e. The summed E-state index contributed by atoms with van der Waals surface area (Å²) >= 11 is 0. The molecule has 4 N–H and O–H groups in total. The number of hydrogen-bond acceptors (Lipinski definition) is 8. The summed E-state index contributed by atoms with van der Waals surface area (Å²) in [7, 11) is 5.66. The summed E-state index contributed by atoms with van der Waals surface area (Å²) < 4.78 is 21.0. The van der Waals surface area contributed by atoms with Gasteiger partial charge in [-0.25, -0.2) is 4.79 Å². The number of benzene rings is 2. The first-order valence-corrected chi connectivity index (χ1v) is 9.48. The molecule has 0 fully saturated rings. The highest BCUT2D eigenvalue weighted by Crippen LogP contribution is 2.42. The molecule has 2 aromatic carbocycles. The van der Waals surface area contributed by atoms with Crippen molar-refractivity contribution in [3.05, 3.63) is 59.4 Å². The third-order valence-electron chi connectivity index (χ3n) is 4.92. The zero-order valence-corrected chi connectivity index (χ0v) is 18.1. The predicted molar refractivity (Wildman–Crippen MR) is 117 cm³/mol. The minimum atomic E-state index is -0.903. The Morgan fingerprint density at radius 3 is 2.25 bits per heavy atom. The second-order valence-corrected chi connectivity index (χ2v) is 6.76. The van der Waals surface area contributed by atoms with E-state index in [4.69, 9.17) is 30.1 Å². The summed E-state index contributed by atoms with van der Waals surface area (Å²) in [5, 5.41) is 10.3. The van der Waals surface area contributed by atoms with Gasteiger partial charge in [-0.15, -0.1) is 0 Å². The van der Waals surface area contributed by atoms with Crippen LogP contribution in [0.3, 0.4) is 0 Å². The molecule has 1 unspecified atom stereocenters. The molecule has 168 valence electrons. The molecule has 10 nitrogen and oxygen atoms in total. The van der Waals surface area contributed by atoms with Crippen molar-refractivity contribution in [2.24, 2.45) is 5.73 Å². The number of methoxy groups -OCH3 is 4. The third-order valence-corrected chi connectivity index (χ3v) is 4.92. The third kappa shape index (κ3) is 4.15. The van der Waals surface area contributed by atoms with Crippen LogP contribution in [-0.2, 0) is 14.3 Å². The maximum absolute atomic E-state index is 13.2. The number of anilines is 1. The second-order valence-electron chi connectivity index (χ2n) is 6.76. The van der Waals surface area contributed by atoms with Crippen molar-refractivity contribution >= 4 is 23.4 Å². The van der Waals surface area contributed by atoms with Crippen molar-refractivity contribution in [3.8, 4) is 17.2 Å². The van der Waals surface area contributed by atoms with Crippen molar-refractivity contribution in [1.82, 2.24) is 5.32 Å². The molecule has 0 aliphatic carbocycles. The molecule has 1 atom stereocenters. The van der Waals surface area contributed by atoms with Crippen LogP contribution in [0.15, 0.2) is 48.3 Å². The summed E-state index contributed by atoms with van der Waals surface area (Å²) in [5.74, 6) is -0.185. The summed E-state index contributed by atoms with van der Waals surface area (Å²) in [5.41, 5.74) is 7.12. The van der Waals surface area contributed by atoms with Gasteiger partial charge in [0.05, 0.1) is 28.4 Å². The van der Waals surface area contributed by atoms with E-state index in [9.17, 15) is 9.59 Å². The molecular formula is C22H24N4O6. The fraction of sp³-hybridized carbons (Fsp3) is 0.227. The lowest BCUT2D eigenvalue weighted by molar-refractivity contribution is -0.138. The Kier molecular flexibility index (Phi) is 6.53.